The van der Waals surface area contributed by atoms with E-state index in [0.717, 1.165) is 0 Å². The van der Waals surface area contributed by atoms with Crippen molar-refractivity contribution >= 4 is 18.5 Å². The van der Waals surface area contributed by atoms with Gasteiger partial charge in [0.15, 0.2) is 7.38 Å². The molecule has 2 aromatic carbocycles. The quantitative estimate of drug-likeness (QED) is 0.491. The van der Waals surface area contributed by atoms with Crippen LogP contribution in [0.4, 0.5) is 0 Å². The lowest BCUT2D eigenvalue weighted by Gasteiger charge is -2.48. The first-order chi connectivity index (χ1) is 9.71. The monoisotopic (exact) mass is 316 g/mol. The minimum Gasteiger partial charge on any atom is -0.165 e. The van der Waals surface area contributed by atoms with E-state index in [0.29, 0.717) is 0 Å². The molecular weight excluding hydrogens is 292 g/mol. The Kier molecular flexibility index (Phi) is 4.37. The molecule has 0 spiro atoms. The van der Waals surface area contributed by atoms with Crippen molar-refractivity contribution in [2.75, 3.05) is 0 Å². The standard InChI is InChI=1S/C19H25ClSi/c1-18(2,16-12-8-6-9-13-16)21(5,20)19(3,4)17-14-10-7-11-15-17/h6-15H,1-5H3. The molecule has 0 saturated heterocycles. The van der Waals surface area contributed by atoms with Crippen LogP contribution < -0.4 is 0 Å². The highest BCUT2D eigenvalue weighted by molar-refractivity contribution is 7.22. The van der Waals surface area contributed by atoms with Gasteiger partial charge >= 0.3 is 0 Å². The molecule has 0 fully saturated rings. The average molecular weight is 317 g/mol. The Morgan fingerprint density at radius 2 is 0.952 bits per heavy atom. The molecule has 2 aromatic rings. The highest BCUT2D eigenvalue weighted by Gasteiger charge is 2.54. The molecule has 0 unspecified atom stereocenters. The predicted molar refractivity (Wildman–Crippen MR) is 96.4 cm³/mol. The van der Waals surface area contributed by atoms with Crippen molar-refractivity contribution in [2.24, 2.45) is 0 Å². The summed E-state index contributed by atoms with van der Waals surface area (Å²) in [4.78, 5) is 0. The van der Waals surface area contributed by atoms with Crippen LogP contribution >= 0.6 is 11.1 Å². The molecule has 0 aliphatic rings. The molecule has 2 rings (SSSR count). The fourth-order valence-corrected chi connectivity index (χ4v) is 6.67. The van der Waals surface area contributed by atoms with Gasteiger partial charge in [-0.1, -0.05) is 94.9 Å². The summed E-state index contributed by atoms with van der Waals surface area (Å²) >= 11 is 7.33. The highest BCUT2D eigenvalue weighted by Crippen LogP contribution is 2.48. The minimum absolute atomic E-state index is 0.0187. The van der Waals surface area contributed by atoms with Crippen LogP contribution in [0.25, 0.3) is 0 Å². The Hall–Kier alpha value is -1.05. The first-order valence-electron chi connectivity index (χ1n) is 7.51. The third-order valence-corrected chi connectivity index (χ3v) is 13.4. The first-order valence-corrected chi connectivity index (χ1v) is 11.0. The molecule has 0 nitrogen and oxygen atoms in total. The molecule has 2 heteroatoms. The number of hydrogen-bond donors (Lipinski definition) is 0. The maximum Gasteiger partial charge on any atom is 0.173 e. The maximum absolute atomic E-state index is 7.33. The molecule has 0 aliphatic heterocycles. The molecule has 0 saturated carbocycles. The van der Waals surface area contributed by atoms with Crippen LogP contribution in [0.15, 0.2) is 60.7 Å². The highest BCUT2D eigenvalue weighted by atomic mass is 35.6. The van der Waals surface area contributed by atoms with E-state index in [9.17, 15) is 0 Å². The Labute approximate surface area is 134 Å². The van der Waals surface area contributed by atoms with E-state index in [2.05, 4.69) is 94.9 Å². The number of benzene rings is 2. The van der Waals surface area contributed by atoms with E-state index < -0.39 is 7.38 Å². The predicted octanol–water partition coefficient (Wildman–Crippen LogP) is 5.83. The lowest BCUT2D eigenvalue weighted by Crippen LogP contribution is -2.58. The number of rotatable bonds is 4. The van der Waals surface area contributed by atoms with Crippen molar-refractivity contribution in [3.63, 3.8) is 0 Å². The third-order valence-electron chi connectivity index (χ3n) is 5.34. The van der Waals surface area contributed by atoms with Gasteiger partial charge < -0.3 is 0 Å². The SMILES string of the molecule is CC(C)(c1ccccc1)[Si](C)(Cl)C(C)(C)c1ccccc1. The Balaban J connectivity index is 2.50. The molecule has 112 valence electrons. The van der Waals surface area contributed by atoms with Gasteiger partial charge in [-0.25, -0.2) is 0 Å². The molecule has 0 aromatic heterocycles. The average Bonchev–Trinajstić information content (AvgIpc) is 2.48. The molecule has 0 bridgehead atoms. The summed E-state index contributed by atoms with van der Waals surface area (Å²) in [7, 11) is -2.17. The molecular formula is C19H25ClSi. The normalized spacial score (nSPS) is 13.2. The topological polar surface area (TPSA) is 0 Å². The Morgan fingerprint density at radius 3 is 1.24 bits per heavy atom. The van der Waals surface area contributed by atoms with Crippen molar-refractivity contribution in [1.29, 1.82) is 0 Å². The van der Waals surface area contributed by atoms with Crippen LogP contribution in [0.1, 0.15) is 38.8 Å². The van der Waals surface area contributed by atoms with E-state index in [1.807, 2.05) is 0 Å². The number of halogens is 1. The fourth-order valence-electron chi connectivity index (χ4n) is 3.03. The molecule has 0 N–H and O–H groups in total. The molecule has 0 radical (unpaired) electrons. The first kappa shape index (κ1) is 16.3. The van der Waals surface area contributed by atoms with Gasteiger partial charge in [-0.3, -0.25) is 0 Å². The van der Waals surface area contributed by atoms with Gasteiger partial charge in [0.25, 0.3) is 0 Å². The van der Waals surface area contributed by atoms with E-state index in [1.165, 1.54) is 11.1 Å². The van der Waals surface area contributed by atoms with Crippen molar-refractivity contribution in [3.05, 3.63) is 71.8 Å². The van der Waals surface area contributed by atoms with Gasteiger partial charge in [0.1, 0.15) is 0 Å². The summed E-state index contributed by atoms with van der Waals surface area (Å²) in [5.41, 5.74) is 2.66. The summed E-state index contributed by atoms with van der Waals surface area (Å²) in [5, 5.41) is -0.0374. The lowest BCUT2D eigenvalue weighted by molar-refractivity contribution is 0.631. The van der Waals surface area contributed by atoms with Gasteiger partial charge in [0.2, 0.25) is 0 Å². The summed E-state index contributed by atoms with van der Waals surface area (Å²) in [5.74, 6) is 0. The van der Waals surface area contributed by atoms with Crippen LogP contribution in [0.2, 0.25) is 6.55 Å². The molecule has 0 heterocycles. The second-order valence-corrected chi connectivity index (χ2v) is 13.8. The van der Waals surface area contributed by atoms with Gasteiger partial charge in [-0.15, -0.1) is 0 Å². The molecule has 0 aliphatic carbocycles. The summed E-state index contributed by atoms with van der Waals surface area (Å²) in [6.45, 7) is 11.5. The van der Waals surface area contributed by atoms with Crippen molar-refractivity contribution < 1.29 is 0 Å². The van der Waals surface area contributed by atoms with Gasteiger partial charge in [-0.2, -0.15) is 11.1 Å². The lowest BCUT2D eigenvalue weighted by atomic mass is 10.0. The molecule has 0 atom stereocenters. The van der Waals surface area contributed by atoms with Gasteiger partial charge in [0, 0.05) is 0 Å². The minimum atomic E-state index is -2.17. The van der Waals surface area contributed by atoms with Crippen LogP contribution in [0, 0.1) is 0 Å². The van der Waals surface area contributed by atoms with Crippen molar-refractivity contribution in [3.8, 4) is 0 Å². The van der Waals surface area contributed by atoms with Crippen LogP contribution in [-0.4, -0.2) is 7.38 Å². The Bertz CT molecular complexity index is 532. The van der Waals surface area contributed by atoms with Crippen LogP contribution in [0.3, 0.4) is 0 Å². The maximum atomic E-state index is 7.33. The Morgan fingerprint density at radius 1 is 0.667 bits per heavy atom. The van der Waals surface area contributed by atoms with Gasteiger partial charge in [0.05, 0.1) is 0 Å². The van der Waals surface area contributed by atoms with E-state index in [-0.39, 0.29) is 10.1 Å². The fraction of sp³-hybridized carbons (Fsp3) is 0.368. The molecule has 0 amide bonds. The second-order valence-electron chi connectivity index (χ2n) is 6.99. The summed E-state index contributed by atoms with van der Waals surface area (Å²) in [6.07, 6.45) is 0. The van der Waals surface area contributed by atoms with Crippen molar-refractivity contribution in [2.45, 2.75) is 44.3 Å². The van der Waals surface area contributed by atoms with Gasteiger partial charge in [-0.05, 0) is 21.2 Å². The second kappa shape index (κ2) is 5.62. The van der Waals surface area contributed by atoms with E-state index >= 15 is 0 Å². The zero-order chi connectivity index (χ0) is 15.7. The van der Waals surface area contributed by atoms with Crippen LogP contribution in [-0.2, 0) is 10.1 Å². The smallest absolute Gasteiger partial charge is 0.165 e. The zero-order valence-corrected chi connectivity index (χ0v) is 15.4. The van der Waals surface area contributed by atoms with Crippen molar-refractivity contribution in [1.82, 2.24) is 0 Å². The largest absolute Gasteiger partial charge is 0.173 e. The van der Waals surface area contributed by atoms with E-state index in [1.54, 1.807) is 0 Å². The van der Waals surface area contributed by atoms with E-state index in [4.69, 9.17) is 11.1 Å². The molecule has 21 heavy (non-hydrogen) atoms. The summed E-state index contributed by atoms with van der Waals surface area (Å²) < 4.78 is 0. The number of hydrogen-bond acceptors (Lipinski definition) is 0. The van der Waals surface area contributed by atoms with Crippen LogP contribution in [0.5, 0.6) is 0 Å². The summed E-state index contributed by atoms with van der Waals surface area (Å²) in [6, 6.07) is 21.4. The third kappa shape index (κ3) is 2.69. The zero-order valence-electron chi connectivity index (χ0n) is 13.7.